The van der Waals surface area contributed by atoms with Gasteiger partial charge in [0.05, 0.1) is 8.07 Å². The molecule has 0 fully saturated rings. The van der Waals surface area contributed by atoms with Gasteiger partial charge in [-0.05, 0) is 29.0 Å². The molecule has 1 rings (SSSR count). The first-order valence-corrected chi connectivity index (χ1v) is 11.6. The number of phenols is 1. The van der Waals surface area contributed by atoms with Crippen molar-refractivity contribution in [3.8, 4) is 5.75 Å². The lowest BCUT2D eigenvalue weighted by Gasteiger charge is -2.28. The number of aromatic hydroxyl groups is 1. The van der Waals surface area contributed by atoms with Crippen LogP contribution in [0.15, 0.2) is 23.1 Å². The molecule has 0 saturated heterocycles. The second-order valence-electron chi connectivity index (χ2n) is 6.78. The molecule has 0 saturated carbocycles. The van der Waals surface area contributed by atoms with Crippen molar-refractivity contribution in [1.82, 2.24) is 0 Å². The van der Waals surface area contributed by atoms with Crippen LogP contribution in [0.1, 0.15) is 47.1 Å². The van der Waals surface area contributed by atoms with Crippen molar-refractivity contribution in [3.63, 3.8) is 0 Å². The van der Waals surface area contributed by atoms with E-state index in [1.165, 1.54) is 28.4 Å². The van der Waals surface area contributed by atoms with Gasteiger partial charge >= 0.3 is 0 Å². The molecule has 0 aliphatic rings. The first kappa shape index (κ1) is 17.6. The molecule has 3 heteroatoms. The Hall–Kier alpha value is -0.413. The Bertz CT molecular complexity index is 425. The van der Waals surface area contributed by atoms with E-state index in [0.29, 0.717) is 5.75 Å². The predicted molar refractivity (Wildman–Crippen MR) is 94.7 cm³/mol. The molecule has 0 unspecified atom stereocenters. The van der Waals surface area contributed by atoms with Crippen LogP contribution in [0.3, 0.4) is 0 Å². The number of thioether (sulfide) groups is 1. The van der Waals surface area contributed by atoms with E-state index in [0.717, 1.165) is 5.56 Å². The molecule has 0 spiro atoms. The summed E-state index contributed by atoms with van der Waals surface area (Å²) >= 11 is 1.99. The maximum Gasteiger partial charge on any atom is 0.119 e. The molecular weight excluding hydrogens is 280 g/mol. The fraction of sp³-hybridized carbons (Fsp3) is 0.647. The molecule has 1 aromatic carbocycles. The second kappa shape index (κ2) is 7.03. The molecule has 1 N–H and O–H groups in total. The smallest absolute Gasteiger partial charge is 0.119 e. The highest BCUT2D eigenvalue weighted by Gasteiger charge is 2.27. The van der Waals surface area contributed by atoms with E-state index in [4.69, 9.17) is 0 Å². The fourth-order valence-corrected chi connectivity index (χ4v) is 8.70. The van der Waals surface area contributed by atoms with Gasteiger partial charge in [-0.1, -0.05) is 59.7 Å². The van der Waals surface area contributed by atoms with Gasteiger partial charge in [-0.15, -0.1) is 11.8 Å². The zero-order valence-electron chi connectivity index (χ0n) is 13.9. The summed E-state index contributed by atoms with van der Waals surface area (Å²) in [7, 11) is -1.08. The lowest BCUT2D eigenvalue weighted by atomic mass is 9.86. The number of rotatable bonds is 6. The van der Waals surface area contributed by atoms with Crippen molar-refractivity contribution in [2.75, 3.05) is 5.38 Å². The molecule has 114 valence electrons. The quantitative estimate of drug-likeness (QED) is 0.527. The number of benzene rings is 1. The van der Waals surface area contributed by atoms with Gasteiger partial charge in [-0.25, -0.2) is 0 Å². The number of hydrogen-bond acceptors (Lipinski definition) is 2. The van der Waals surface area contributed by atoms with Crippen molar-refractivity contribution < 1.29 is 5.11 Å². The van der Waals surface area contributed by atoms with E-state index in [1.807, 2.05) is 17.8 Å². The van der Waals surface area contributed by atoms with E-state index in [9.17, 15) is 5.11 Å². The molecule has 0 radical (unpaired) electrons. The zero-order chi connectivity index (χ0) is 15.4. The van der Waals surface area contributed by atoms with Gasteiger partial charge in [-0.3, -0.25) is 0 Å². The van der Waals surface area contributed by atoms with Crippen molar-refractivity contribution in [1.29, 1.82) is 0 Å². The third kappa shape index (κ3) is 4.29. The van der Waals surface area contributed by atoms with E-state index in [-0.39, 0.29) is 5.41 Å². The van der Waals surface area contributed by atoms with E-state index >= 15 is 0 Å². The minimum Gasteiger partial charge on any atom is -0.508 e. The number of hydrogen-bond donors (Lipinski definition) is 1. The summed E-state index contributed by atoms with van der Waals surface area (Å²) in [5.41, 5.74) is 1.05. The first-order valence-electron chi connectivity index (χ1n) is 7.74. The van der Waals surface area contributed by atoms with Crippen molar-refractivity contribution in [2.45, 2.75) is 70.0 Å². The van der Waals surface area contributed by atoms with Crippen LogP contribution in [0.5, 0.6) is 5.75 Å². The van der Waals surface area contributed by atoms with Crippen LogP contribution in [-0.2, 0) is 5.41 Å². The summed E-state index contributed by atoms with van der Waals surface area (Å²) in [6, 6.07) is 10.2. The third-order valence-corrected chi connectivity index (χ3v) is 12.7. The highest BCUT2D eigenvalue weighted by atomic mass is 32.2. The normalized spacial score (nSPS) is 12.7. The molecule has 0 heterocycles. The summed E-state index contributed by atoms with van der Waals surface area (Å²) in [6.45, 7) is 13.5. The van der Waals surface area contributed by atoms with Crippen LogP contribution >= 0.6 is 11.8 Å². The Morgan fingerprint density at radius 2 is 1.60 bits per heavy atom. The van der Waals surface area contributed by atoms with E-state index in [1.54, 1.807) is 0 Å². The van der Waals surface area contributed by atoms with Gasteiger partial charge < -0.3 is 5.11 Å². The van der Waals surface area contributed by atoms with Crippen LogP contribution < -0.4 is 0 Å². The van der Waals surface area contributed by atoms with Crippen molar-refractivity contribution in [2.24, 2.45) is 0 Å². The second-order valence-corrected chi connectivity index (χ2v) is 13.8. The Kier molecular flexibility index (Phi) is 6.20. The largest absolute Gasteiger partial charge is 0.508 e. The molecule has 0 atom stereocenters. The van der Waals surface area contributed by atoms with Gasteiger partial charge in [0.25, 0.3) is 0 Å². The minimum absolute atomic E-state index is 0.00452. The topological polar surface area (TPSA) is 20.2 Å². The molecule has 0 bridgehead atoms. The maximum atomic E-state index is 10.0. The van der Waals surface area contributed by atoms with Gasteiger partial charge in [-0.2, -0.15) is 0 Å². The fourth-order valence-electron chi connectivity index (χ4n) is 2.50. The first-order chi connectivity index (χ1) is 9.28. The van der Waals surface area contributed by atoms with Gasteiger partial charge in [0, 0.05) is 10.5 Å². The molecule has 0 aromatic heterocycles. The lowest BCUT2D eigenvalue weighted by Crippen LogP contribution is -2.34. The highest BCUT2D eigenvalue weighted by molar-refractivity contribution is 8.01. The van der Waals surface area contributed by atoms with Crippen molar-refractivity contribution >= 4 is 19.8 Å². The Morgan fingerprint density at radius 1 is 1.05 bits per heavy atom. The summed E-state index contributed by atoms with van der Waals surface area (Å²) in [6.07, 6.45) is 0. The molecule has 0 aliphatic carbocycles. The highest BCUT2D eigenvalue weighted by Crippen LogP contribution is 2.35. The SMILES string of the molecule is CC[Si](CC)(CC)CSc1ccc(O)c(C(C)(C)C)c1. The average Bonchev–Trinajstić information content (AvgIpc) is 2.41. The van der Waals surface area contributed by atoms with E-state index < -0.39 is 8.07 Å². The lowest BCUT2D eigenvalue weighted by molar-refractivity contribution is 0.446. The van der Waals surface area contributed by atoms with Crippen LogP contribution in [0.4, 0.5) is 0 Å². The summed E-state index contributed by atoms with van der Waals surface area (Å²) in [5.74, 6) is 0.423. The Labute approximate surface area is 130 Å². The van der Waals surface area contributed by atoms with Gasteiger partial charge in [0.2, 0.25) is 0 Å². The molecule has 1 nitrogen and oxygen atoms in total. The molecular formula is C17H30OSSi. The Balaban J connectivity index is 2.89. The third-order valence-electron chi connectivity index (χ3n) is 4.57. The maximum absolute atomic E-state index is 10.0. The van der Waals surface area contributed by atoms with Gasteiger partial charge in [0.15, 0.2) is 0 Å². The monoisotopic (exact) mass is 310 g/mol. The van der Waals surface area contributed by atoms with Crippen molar-refractivity contribution in [3.05, 3.63) is 23.8 Å². The predicted octanol–water partition coefficient (Wildman–Crippen LogP) is 5.83. The molecule has 20 heavy (non-hydrogen) atoms. The molecule has 1 aromatic rings. The Morgan fingerprint density at radius 3 is 2.05 bits per heavy atom. The molecule has 0 aliphatic heterocycles. The van der Waals surface area contributed by atoms with Crippen LogP contribution in [0.2, 0.25) is 18.1 Å². The number of phenolic OH excluding ortho intramolecular Hbond substituents is 1. The molecule has 0 amide bonds. The van der Waals surface area contributed by atoms with Gasteiger partial charge in [0.1, 0.15) is 5.75 Å². The van der Waals surface area contributed by atoms with Crippen LogP contribution in [0, 0.1) is 0 Å². The standard InChI is InChI=1S/C17H30OSSi/c1-7-20(8-2,9-3)13-19-14-10-11-16(18)15(12-14)17(4,5)6/h10-12,18H,7-9,13H2,1-6H3. The average molecular weight is 311 g/mol. The summed E-state index contributed by atoms with van der Waals surface area (Å²) in [5, 5.41) is 11.3. The summed E-state index contributed by atoms with van der Waals surface area (Å²) < 4.78 is 0. The zero-order valence-corrected chi connectivity index (χ0v) is 15.7. The van der Waals surface area contributed by atoms with Crippen LogP contribution in [-0.4, -0.2) is 18.6 Å². The van der Waals surface area contributed by atoms with E-state index in [2.05, 4.69) is 53.7 Å². The van der Waals surface area contributed by atoms with Crippen LogP contribution in [0.25, 0.3) is 0 Å². The minimum atomic E-state index is -1.08. The summed E-state index contributed by atoms with van der Waals surface area (Å²) in [4.78, 5) is 1.31.